The molecule has 4 heterocycles. The van der Waals surface area contributed by atoms with Crippen LogP contribution < -0.4 is 15.0 Å². The van der Waals surface area contributed by atoms with Crippen molar-refractivity contribution in [1.82, 2.24) is 20.1 Å². The molecular weight excluding hydrogens is 646 g/mol. The van der Waals surface area contributed by atoms with E-state index in [9.17, 15) is 36.2 Å². The minimum absolute atomic E-state index is 0.103. The number of methoxy groups -OCH3 is 1. The molecule has 0 radical (unpaired) electrons. The van der Waals surface area contributed by atoms with E-state index in [0.29, 0.717) is 68.0 Å². The van der Waals surface area contributed by atoms with Gasteiger partial charge in [-0.15, -0.1) is 0 Å². The normalized spacial score (nSPS) is 22.0. The molecule has 1 aromatic carbocycles. The van der Waals surface area contributed by atoms with Crippen LogP contribution in [-0.2, 0) is 23.6 Å². The number of piperidine rings is 1. The first-order chi connectivity index (χ1) is 22.7. The SMILES string of the molecule is CCOC(=O)N1c2ccc(OC)nc2[C@@H](NC2N=CC(N3CCC(O)CC3)=CN2Cc2cc(C(F)(F)F)cc(C(F)(F)F)c2)C[C@H]1CC. The number of hydrogen-bond donors (Lipinski definition) is 2. The number of likely N-dealkylation sites (tertiary alicyclic amines) is 1. The molecule has 10 nitrogen and oxygen atoms in total. The number of nitrogens with zero attached hydrogens (tertiary/aromatic N) is 5. The van der Waals surface area contributed by atoms with E-state index < -0.39 is 48.0 Å². The number of anilines is 1. The van der Waals surface area contributed by atoms with Crippen LogP contribution in [0.2, 0.25) is 0 Å². The summed E-state index contributed by atoms with van der Waals surface area (Å²) in [6.07, 6.45) is -6.79. The Bertz CT molecular complexity index is 1490. The zero-order valence-corrected chi connectivity index (χ0v) is 26.7. The molecule has 1 amide bonds. The number of amides is 1. The summed E-state index contributed by atoms with van der Waals surface area (Å²) < 4.78 is 93.1. The number of aliphatic imine (C=N–C) groups is 1. The lowest BCUT2D eigenvalue weighted by Gasteiger charge is -2.42. The number of rotatable bonds is 8. The molecule has 3 aliphatic rings. The summed E-state index contributed by atoms with van der Waals surface area (Å²) in [7, 11) is 1.45. The van der Waals surface area contributed by atoms with E-state index in [1.807, 2.05) is 11.8 Å². The molecule has 0 aliphatic carbocycles. The van der Waals surface area contributed by atoms with Crippen LogP contribution in [0.1, 0.15) is 68.0 Å². The van der Waals surface area contributed by atoms with E-state index in [0.717, 1.165) is 0 Å². The Morgan fingerprint density at radius 2 is 1.71 bits per heavy atom. The number of carbonyl (C=O) groups is 1. The minimum atomic E-state index is -5.00. The van der Waals surface area contributed by atoms with E-state index >= 15 is 0 Å². The fourth-order valence-corrected chi connectivity index (χ4v) is 6.21. The van der Waals surface area contributed by atoms with Crippen molar-refractivity contribution < 1.29 is 45.7 Å². The Morgan fingerprint density at radius 3 is 2.29 bits per heavy atom. The van der Waals surface area contributed by atoms with Gasteiger partial charge in [0.15, 0.2) is 6.29 Å². The van der Waals surface area contributed by atoms with Crippen LogP contribution in [0, 0.1) is 0 Å². The molecule has 48 heavy (non-hydrogen) atoms. The molecule has 16 heteroatoms. The maximum Gasteiger partial charge on any atom is 0.416 e. The first kappa shape index (κ1) is 35.3. The molecule has 1 saturated heterocycles. The summed E-state index contributed by atoms with van der Waals surface area (Å²) >= 11 is 0. The molecule has 1 aromatic heterocycles. The predicted octanol–water partition coefficient (Wildman–Crippen LogP) is 6.07. The van der Waals surface area contributed by atoms with Crippen molar-refractivity contribution >= 4 is 18.0 Å². The largest absolute Gasteiger partial charge is 0.481 e. The summed E-state index contributed by atoms with van der Waals surface area (Å²) in [6, 6.07) is 3.95. The highest BCUT2D eigenvalue weighted by molar-refractivity contribution is 5.90. The highest BCUT2D eigenvalue weighted by Gasteiger charge is 2.40. The van der Waals surface area contributed by atoms with Gasteiger partial charge >= 0.3 is 18.4 Å². The summed E-state index contributed by atoms with van der Waals surface area (Å²) in [5, 5.41) is 13.4. The maximum atomic E-state index is 13.7. The van der Waals surface area contributed by atoms with Crippen LogP contribution in [0.15, 0.2) is 47.2 Å². The number of ether oxygens (including phenoxy) is 2. The van der Waals surface area contributed by atoms with Gasteiger partial charge in [0.1, 0.15) is 0 Å². The summed E-state index contributed by atoms with van der Waals surface area (Å²) in [5.41, 5.74) is -1.50. The molecule has 5 rings (SSSR count). The topological polar surface area (TPSA) is 103 Å². The number of aromatic nitrogens is 1. The Balaban J connectivity index is 1.52. The first-order valence-electron chi connectivity index (χ1n) is 15.7. The maximum absolute atomic E-state index is 13.7. The van der Waals surface area contributed by atoms with Crippen LogP contribution in [-0.4, -0.2) is 77.4 Å². The van der Waals surface area contributed by atoms with Crippen molar-refractivity contribution in [2.45, 2.75) is 82.9 Å². The third-order valence-electron chi connectivity index (χ3n) is 8.64. The average Bonchev–Trinajstić information content (AvgIpc) is 3.04. The smallest absolute Gasteiger partial charge is 0.416 e. The zero-order valence-electron chi connectivity index (χ0n) is 26.7. The van der Waals surface area contributed by atoms with Gasteiger partial charge in [0, 0.05) is 37.9 Å². The number of nitrogens with one attached hydrogen (secondary N) is 1. The van der Waals surface area contributed by atoms with Crippen molar-refractivity contribution in [3.8, 4) is 5.88 Å². The van der Waals surface area contributed by atoms with E-state index in [-0.39, 0.29) is 36.7 Å². The minimum Gasteiger partial charge on any atom is -0.481 e. The van der Waals surface area contributed by atoms with E-state index in [2.05, 4.69) is 15.3 Å². The quantitative estimate of drug-likeness (QED) is 0.323. The second-order valence-corrected chi connectivity index (χ2v) is 11.9. The number of hydrogen-bond acceptors (Lipinski definition) is 9. The van der Waals surface area contributed by atoms with Crippen LogP contribution in [0.3, 0.4) is 0 Å². The van der Waals surface area contributed by atoms with Crippen molar-refractivity contribution in [1.29, 1.82) is 0 Å². The standard InChI is InChI=1S/C32H38F6N6O4/c1-4-22-15-25(28-26(6-7-27(41-28)47-3)44(22)30(46)48-5-2)40-29-39-16-23(42-10-8-24(45)9-11-42)18-43(29)17-19-12-20(31(33,34)35)14-21(13-19)32(36,37)38/h6-7,12-14,16,18,22,24-25,29,40,45H,4-5,8-11,15,17H2,1-3H3/t22-,25+,29?/m1/s1. The number of allylic oxidation sites excluding steroid dienone is 1. The summed E-state index contributed by atoms with van der Waals surface area (Å²) in [5.74, 6) is 0.279. The Kier molecular flexibility index (Phi) is 10.4. The van der Waals surface area contributed by atoms with Crippen LogP contribution in [0.25, 0.3) is 0 Å². The molecule has 0 saturated carbocycles. The van der Waals surface area contributed by atoms with Gasteiger partial charge in [-0.1, -0.05) is 6.92 Å². The fraction of sp³-hybridized carbons (Fsp3) is 0.531. The van der Waals surface area contributed by atoms with Crippen molar-refractivity contribution in [2.75, 3.05) is 31.7 Å². The van der Waals surface area contributed by atoms with Gasteiger partial charge in [-0.25, -0.2) is 9.78 Å². The van der Waals surface area contributed by atoms with Crippen molar-refractivity contribution in [3.05, 3.63) is 64.6 Å². The van der Waals surface area contributed by atoms with Gasteiger partial charge in [0.25, 0.3) is 0 Å². The van der Waals surface area contributed by atoms with E-state index in [1.54, 1.807) is 36.4 Å². The first-order valence-corrected chi connectivity index (χ1v) is 15.7. The number of alkyl halides is 6. The molecule has 3 atom stereocenters. The number of pyridine rings is 1. The Morgan fingerprint density at radius 1 is 1.04 bits per heavy atom. The molecule has 2 N–H and O–H groups in total. The number of halogens is 6. The summed E-state index contributed by atoms with van der Waals surface area (Å²) in [6.45, 7) is 4.42. The van der Waals surface area contributed by atoms with Gasteiger partial charge < -0.3 is 24.4 Å². The number of aliphatic hydroxyl groups is 1. The second kappa shape index (κ2) is 14.2. The molecule has 0 spiro atoms. The van der Waals surface area contributed by atoms with E-state index in [4.69, 9.17) is 9.47 Å². The average molecular weight is 685 g/mol. The van der Waals surface area contributed by atoms with Gasteiger partial charge in [-0.3, -0.25) is 15.2 Å². The van der Waals surface area contributed by atoms with E-state index in [1.165, 1.54) is 12.0 Å². The van der Waals surface area contributed by atoms with Gasteiger partial charge in [0.05, 0.1) is 60.3 Å². The number of aliphatic hydroxyl groups excluding tert-OH is 1. The lowest BCUT2D eigenvalue weighted by atomic mass is 9.93. The fourth-order valence-electron chi connectivity index (χ4n) is 6.21. The monoisotopic (exact) mass is 684 g/mol. The Hall–Kier alpha value is -4.05. The molecule has 262 valence electrons. The lowest BCUT2D eigenvalue weighted by Crippen LogP contribution is -2.51. The second-order valence-electron chi connectivity index (χ2n) is 11.9. The van der Waals surface area contributed by atoms with Gasteiger partial charge in [-0.2, -0.15) is 26.3 Å². The van der Waals surface area contributed by atoms with Crippen LogP contribution >= 0.6 is 0 Å². The molecule has 3 aliphatic heterocycles. The van der Waals surface area contributed by atoms with Crippen molar-refractivity contribution in [3.63, 3.8) is 0 Å². The van der Waals surface area contributed by atoms with Gasteiger partial charge in [-0.05, 0) is 62.4 Å². The number of benzene rings is 1. The molecular formula is C32H38F6N6O4. The molecule has 1 unspecified atom stereocenters. The highest BCUT2D eigenvalue weighted by Crippen LogP contribution is 2.40. The Labute approximate surface area is 274 Å². The molecule has 1 fully saturated rings. The predicted molar refractivity (Wildman–Crippen MR) is 164 cm³/mol. The lowest BCUT2D eigenvalue weighted by molar-refractivity contribution is -0.143. The third-order valence-corrected chi connectivity index (χ3v) is 8.64. The summed E-state index contributed by atoms with van der Waals surface area (Å²) in [4.78, 5) is 27.4. The van der Waals surface area contributed by atoms with Crippen LogP contribution in [0.4, 0.5) is 36.8 Å². The van der Waals surface area contributed by atoms with Gasteiger partial charge in [0.2, 0.25) is 5.88 Å². The molecule has 0 bridgehead atoms. The highest BCUT2D eigenvalue weighted by atomic mass is 19.4. The zero-order chi connectivity index (χ0) is 34.8. The van der Waals surface area contributed by atoms with Crippen LogP contribution in [0.5, 0.6) is 5.88 Å². The number of fused-ring (bicyclic) bond motifs is 1. The number of carbonyl (C=O) groups excluding carboxylic acids is 1. The third kappa shape index (κ3) is 7.80. The van der Waals surface area contributed by atoms with Crippen molar-refractivity contribution in [2.24, 2.45) is 4.99 Å². The molecule has 2 aromatic rings.